The van der Waals surface area contributed by atoms with Crippen molar-refractivity contribution in [1.82, 2.24) is 15.5 Å². The third kappa shape index (κ3) is 18.9. The molecule has 0 radical (unpaired) electrons. The van der Waals surface area contributed by atoms with Gasteiger partial charge >= 0.3 is 18.3 Å². The second-order valence-corrected chi connectivity index (χ2v) is 16.7. The van der Waals surface area contributed by atoms with E-state index in [2.05, 4.69) is 59.2 Å². The first kappa shape index (κ1) is 42.4. The molecule has 2 aromatic rings. The normalized spacial score (nSPS) is 13.4. The van der Waals surface area contributed by atoms with Crippen molar-refractivity contribution in [2.45, 2.75) is 144 Å². The summed E-state index contributed by atoms with van der Waals surface area (Å²) >= 11 is 0. The minimum Gasteiger partial charge on any atom is -0.444 e. The van der Waals surface area contributed by atoms with Crippen LogP contribution in [0, 0.1) is 11.8 Å². The smallest absolute Gasteiger partial charge is 0.410 e. The molecule has 0 aliphatic rings. The van der Waals surface area contributed by atoms with E-state index in [1.54, 1.807) is 4.90 Å². The van der Waals surface area contributed by atoms with E-state index in [9.17, 15) is 14.4 Å². The Morgan fingerprint density at radius 3 is 1.46 bits per heavy atom. The Morgan fingerprint density at radius 2 is 1.04 bits per heavy atom. The largest absolute Gasteiger partial charge is 0.444 e. The van der Waals surface area contributed by atoms with E-state index in [1.807, 2.05) is 88.3 Å². The molecule has 1 unspecified atom stereocenters. The zero-order valence-corrected chi connectivity index (χ0v) is 32.6. The van der Waals surface area contributed by atoms with E-state index >= 15 is 0 Å². The summed E-state index contributed by atoms with van der Waals surface area (Å²) in [6, 6.07) is 20.1. The number of carbonyl (C=O) groups is 3. The van der Waals surface area contributed by atoms with Gasteiger partial charge in [-0.3, -0.25) is 0 Å². The summed E-state index contributed by atoms with van der Waals surface area (Å²) in [5, 5.41) is 6.06. The second kappa shape index (κ2) is 19.6. The first-order chi connectivity index (χ1) is 23.2. The fourth-order valence-corrected chi connectivity index (χ4v) is 5.58. The van der Waals surface area contributed by atoms with Crippen LogP contribution in [0.1, 0.15) is 113 Å². The lowest BCUT2D eigenvalue weighted by Gasteiger charge is -2.34. The molecule has 280 valence electrons. The minimum absolute atomic E-state index is 0.104. The third-order valence-corrected chi connectivity index (χ3v) is 7.99. The molecule has 9 nitrogen and oxygen atoms in total. The van der Waals surface area contributed by atoms with Crippen LogP contribution in [0.4, 0.5) is 14.4 Å². The van der Waals surface area contributed by atoms with Crippen LogP contribution in [0.15, 0.2) is 60.7 Å². The number of benzene rings is 2. The number of hydrogen-bond donors (Lipinski definition) is 2. The molecular formula is C41H65N3O6. The van der Waals surface area contributed by atoms with Crippen molar-refractivity contribution in [3.63, 3.8) is 0 Å². The van der Waals surface area contributed by atoms with Crippen molar-refractivity contribution in [2.75, 3.05) is 13.1 Å². The van der Waals surface area contributed by atoms with Gasteiger partial charge in [-0.1, -0.05) is 74.5 Å². The molecule has 0 aromatic heterocycles. The Morgan fingerprint density at radius 1 is 0.600 bits per heavy atom. The highest BCUT2D eigenvalue weighted by atomic mass is 16.6. The SMILES string of the molecule is CC(C)C(CC[C@@H](CN(CC(CCc1ccccc1)CCc1ccccc1)C(=O)OC(C)(C)C)NC(=O)OC(C)(C)C)NC(=O)OC(C)(C)C. The van der Waals surface area contributed by atoms with Crippen LogP contribution in [-0.4, -0.2) is 65.2 Å². The lowest BCUT2D eigenvalue weighted by atomic mass is 9.92. The quantitative estimate of drug-likeness (QED) is 0.170. The molecule has 0 aliphatic heterocycles. The Bertz CT molecular complexity index is 1250. The number of hydrogen-bond acceptors (Lipinski definition) is 6. The van der Waals surface area contributed by atoms with Crippen molar-refractivity contribution in [3.05, 3.63) is 71.8 Å². The fraction of sp³-hybridized carbons (Fsp3) is 0.634. The number of aryl methyl sites for hydroxylation is 2. The van der Waals surface area contributed by atoms with E-state index in [0.29, 0.717) is 19.4 Å². The zero-order chi connectivity index (χ0) is 37.5. The van der Waals surface area contributed by atoms with Gasteiger partial charge in [0.1, 0.15) is 16.8 Å². The minimum atomic E-state index is -0.701. The van der Waals surface area contributed by atoms with Crippen LogP contribution in [0.3, 0.4) is 0 Å². The van der Waals surface area contributed by atoms with Crippen molar-refractivity contribution < 1.29 is 28.6 Å². The third-order valence-electron chi connectivity index (χ3n) is 7.99. The first-order valence-electron chi connectivity index (χ1n) is 18.2. The van der Waals surface area contributed by atoms with Crippen LogP contribution in [-0.2, 0) is 27.1 Å². The molecule has 0 heterocycles. The molecule has 2 N–H and O–H groups in total. The maximum atomic E-state index is 13.9. The van der Waals surface area contributed by atoms with E-state index in [-0.39, 0.29) is 24.4 Å². The molecular weight excluding hydrogens is 630 g/mol. The molecule has 0 spiro atoms. The van der Waals surface area contributed by atoms with E-state index in [1.165, 1.54) is 11.1 Å². The molecule has 9 heteroatoms. The maximum Gasteiger partial charge on any atom is 0.410 e. The monoisotopic (exact) mass is 695 g/mol. The number of alkyl carbamates (subject to hydrolysis) is 2. The first-order valence-corrected chi connectivity index (χ1v) is 18.2. The van der Waals surface area contributed by atoms with Crippen LogP contribution in [0.5, 0.6) is 0 Å². The molecule has 2 aromatic carbocycles. The van der Waals surface area contributed by atoms with Gasteiger partial charge in [0.05, 0.1) is 0 Å². The average Bonchev–Trinajstić information content (AvgIpc) is 2.98. The van der Waals surface area contributed by atoms with Gasteiger partial charge < -0.3 is 29.7 Å². The molecule has 50 heavy (non-hydrogen) atoms. The summed E-state index contributed by atoms with van der Waals surface area (Å²) in [6.45, 7) is 21.3. The molecule has 0 saturated carbocycles. The van der Waals surface area contributed by atoms with Gasteiger partial charge in [0.25, 0.3) is 0 Å². The summed E-state index contributed by atoms with van der Waals surface area (Å²) in [4.78, 5) is 41.5. The van der Waals surface area contributed by atoms with Crippen LogP contribution >= 0.6 is 0 Å². The lowest BCUT2D eigenvalue weighted by Crippen LogP contribution is -2.50. The zero-order valence-electron chi connectivity index (χ0n) is 32.6. The standard InChI is InChI=1S/C41H65N3O6/c1-30(2)35(43-37(46)49-40(6,7)8)27-26-34(42-36(45)48-39(3,4)5)29-44(38(47)50-41(9,10)11)28-33(24-22-31-18-14-12-15-19-31)25-23-32-20-16-13-17-21-32/h12-21,30,33-35H,22-29H2,1-11H3,(H,42,45)(H,43,46)/t34-,35?/m0/s1. The maximum absolute atomic E-state index is 13.9. The topological polar surface area (TPSA) is 106 Å². The van der Waals surface area contributed by atoms with Gasteiger partial charge in [-0.05, 0) is 124 Å². The predicted molar refractivity (Wildman–Crippen MR) is 201 cm³/mol. The lowest BCUT2D eigenvalue weighted by molar-refractivity contribution is 0.0172. The number of nitrogens with one attached hydrogen (secondary N) is 2. The fourth-order valence-electron chi connectivity index (χ4n) is 5.58. The summed E-state index contributed by atoms with van der Waals surface area (Å²) < 4.78 is 17.1. The molecule has 0 bridgehead atoms. The Balaban J connectivity index is 2.38. The van der Waals surface area contributed by atoms with E-state index < -0.39 is 41.1 Å². The molecule has 2 rings (SSSR count). The van der Waals surface area contributed by atoms with Crippen LogP contribution < -0.4 is 10.6 Å². The molecule has 0 aliphatic carbocycles. The Labute approximate surface area is 302 Å². The highest BCUT2D eigenvalue weighted by Gasteiger charge is 2.30. The second-order valence-electron chi connectivity index (χ2n) is 16.7. The van der Waals surface area contributed by atoms with Crippen molar-refractivity contribution in [3.8, 4) is 0 Å². The van der Waals surface area contributed by atoms with E-state index in [4.69, 9.17) is 14.2 Å². The van der Waals surface area contributed by atoms with Crippen molar-refractivity contribution in [1.29, 1.82) is 0 Å². The summed E-state index contributed by atoms with van der Waals surface area (Å²) in [5.74, 6) is 0.273. The number of nitrogens with zero attached hydrogens (tertiary/aromatic N) is 1. The van der Waals surface area contributed by atoms with E-state index in [0.717, 1.165) is 25.7 Å². The number of carbonyl (C=O) groups excluding carboxylic acids is 3. The molecule has 2 atom stereocenters. The van der Waals surface area contributed by atoms with Gasteiger partial charge in [0, 0.05) is 25.2 Å². The molecule has 0 fully saturated rings. The average molecular weight is 696 g/mol. The highest BCUT2D eigenvalue weighted by Crippen LogP contribution is 2.22. The van der Waals surface area contributed by atoms with Crippen LogP contribution in [0.25, 0.3) is 0 Å². The van der Waals surface area contributed by atoms with Crippen LogP contribution in [0.2, 0.25) is 0 Å². The number of amides is 3. The highest BCUT2D eigenvalue weighted by molar-refractivity contribution is 5.70. The molecule has 3 amide bonds. The Kier molecular flexibility index (Phi) is 16.6. The van der Waals surface area contributed by atoms with Crippen molar-refractivity contribution >= 4 is 18.3 Å². The summed E-state index contributed by atoms with van der Waals surface area (Å²) in [5.41, 5.74) is 0.480. The summed E-state index contributed by atoms with van der Waals surface area (Å²) in [6.07, 6.45) is 3.10. The van der Waals surface area contributed by atoms with Gasteiger partial charge in [0.2, 0.25) is 0 Å². The van der Waals surface area contributed by atoms with Gasteiger partial charge in [-0.2, -0.15) is 0 Å². The van der Waals surface area contributed by atoms with Gasteiger partial charge in [0.15, 0.2) is 0 Å². The van der Waals surface area contributed by atoms with Gasteiger partial charge in [-0.15, -0.1) is 0 Å². The number of rotatable bonds is 16. The Hall–Kier alpha value is -3.75. The summed E-state index contributed by atoms with van der Waals surface area (Å²) in [7, 11) is 0. The van der Waals surface area contributed by atoms with Crippen molar-refractivity contribution in [2.24, 2.45) is 11.8 Å². The van der Waals surface area contributed by atoms with Gasteiger partial charge in [-0.25, -0.2) is 14.4 Å². The number of ether oxygens (including phenoxy) is 3. The molecule has 0 saturated heterocycles. The predicted octanol–water partition coefficient (Wildman–Crippen LogP) is 9.33.